The van der Waals surface area contributed by atoms with Crippen molar-refractivity contribution in [3.05, 3.63) is 58.3 Å². The van der Waals surface area contributed by atoms with Gasteiger partial charge < -0.3 is 10.1 Å². The number of halogens is 2. The van der Waals surface area contributed by atoms with Gasteiger partial charge in [-0.25, -0.2) is 9.82 Å². The molecule has 0 aliphatic heterocycles. The molecule has 0 bridgehead atoms. The Balaban J connectivity index is 1.89. The second kappa shape index (κ2) is 10.1. The Kier molecular flexibility index (Phi) is 7.52. The van der Waals surface area contributed by atoms with E-state index >= 15 is 0 Å². The van der Waals surface area contributed by atoms with Gasteiger partial charge in [-0.1, -0.05) is 21.9 Å². The predicted molar refractivity (Wildman–Crippen MR) is 104 cm³/mol. The Bertz CT molecular complexity index is 892. The highest BCUT2D eigenvalue weighted by Crippen LogP contribution is 2.21. The molecule has 0 fully saturated rings. The van der Waals surface area contributed by atoms with E-state index in [1.54, 1.807) is 18.2 Å². The number of amides is 2. The van der Waals surface area contributed by atoms with Crippen LogP contribution in [0.5, 0.6) is 5.75 Å². The number of terminal acetylenes is 1. The van der Waals surface area contributed by atoms with Crippen LogP contribution in [-0.4, -0.2) is 24.6 Å². The van der Waals surface area contributed by atoms with E-state index in [0.717, 1.165) is 4.47 Å². The zero-order chi connectivity index (χ0) is 19.6. The number of hydrazone groups is 1. The van der Waals surface area contributed by atoms with Gasteiger partial charge in [-0.15, -0.1) is 6.42 Å². The first-order chi connectivity index (χ1) is 13.0. The van der Waals surface area contributed by atoms with Crippen molar-refractivity contribution in [1.82, 2.24) is 5.43 Å². The summed E-state index contributed by atoms with van der Waals surface area (Å²) in [4.78, 5) is 23.6. The largest absolute Gasteiger partial charge is 0.480 e. The number of hydrogen-bond acceptors (Lipinski definition) is 4. The number of anilines is 1. The first-order valence-electron chi connectivity index (χ1n) is 7.71. The molecule has 2 amide bonds. The average molecular weight is 432 g/mol. The minimum absolute atomic E-state index is 0.0956. The molecule has 27 heavy (non-hydrogen) atoms. The third kappa shape index (κ3) is 6.92. The zero-order valence-electron chi connectivity index (χ0n) is 14.0. The molecule has 0 atom stereocenters. The molecule has 0 unspecified atom stereocenters. The maximum absolute atomic E-state index is 12.8. The Labute approximate surface area is 163 Å². The smallest absolute Gasteiger partial charge is 0.249 e. The van der Waals surface area contributed by atoms with Crippen LogP contribution < -0.4 is 15.5 Å². The van der Waals surface area contributed by atoms with Crippen molar-refractivity contribution in [1.29, 1.82) is 0 Å². The predicted octanol–water partition coefficient (Wildman–Crippen LogP) is 3.08. The standard InChI is InChI=1S/C19H15BrFN3O3/c1-2-9-27-17-8-3-14(20)10-13(17)12-22-24-19(26)11-18(25)23-16-6-4-15(21)5-7-16/h1,3-8,10,12H,9,11H2,(H,23,25)(H,24,26). The fourth-order valence-electron chi connectivity index (χ4n) is 1.97. The van der Waals surface area contributed by atoms with Crippen LogP contribution in [0.1, 0.15) is 12.0 Å². The molecule has 0 saturated carbocycles. The van der Waals surface area contributed by atoms with Gasteiger partial charge in [0, 0.05) is 15.7 Å². The zero-order valence-corrected chi connectivity index (χ0v) is 15.6. The summed E-state index contributed by atoms with van der Waals surface area (Å²) in [6.45, 7) is 0.0956. The van der Waals surface area contributed by atoms with E-state index in [2.05, 4.69) is 37.7 Å². The van der Waals surface area contributed by atoms with Crippen molar-refractivity contribution in [3.8, 4) is 18.1 Å². The fourth-order valence-corrected chi connectivity index (χ4v) is 2.35. The summed E-state index contributed by atoms with van der Waals surface area (Å²) < 4.78 is 19.0. The summed E-state index contributed by atoms with van der Waals surface area (Å²) in [6.07, 6.45) is 6.12. The molecule has 0 radical (unpaired) electrons. The van der Waals surface area contributed by atoms with Crippen LogP contribution in [0.25, 0.3) is 0 Å². The average Bonchev–Trinajstić information content (AvgIpc) is 2.63. The molecule has 0 aromatic heterocycles. The van der Waals surface area contributed by atoms with Crippen molar-refractivity contribution in [2.75, 3.05) is 11.9 Å². The van der Waals surface area contributed by atoms with E-state index in [4.69, 9.17) is 11.2 Å². The molecule has 8 heteroatoms. The van der Waals surface area contributed by atoms with Gasteiger partial charge in [0.05, 0.1) is 6.21 Å². The third-order valence-corrected chi connectivity index (χ3v) is 3.62. The van der Waals surface area contributed by atoms with E-state index in [1.807, 2.05) is 0 Å². The molecule has 0 spiro atoms. The summed E-state index contributed by atoms with van der Waals surface area (Å²) in [5.41, 5.74) is 3.24. The van der Waals surface area contributed by atoms with Crippen LogP contribution in [-0.2, 0) is 9.59 Å². The van der Waals surface area contributed by atoms with E-state index in [0.29, 0.717) is 17.0 Å². The van der Waals surface area contributed by atoms with Crippen molar-refractivity contribution >= 4 is 39.6 Å². The molecule has 0 aliphatic rings. The normalized spacial score (nSPS) is 10.3. The molecule has 6 nitrogen and oxygen atoms in total. The molecule has 2 aromatic carbocycles. The lowest BCUT2D eigenvalue weighted by Crippen LogP contribution is -2.24. The van der Waals surface area contributed by atoms with Gasteiger partial charge in [0.25, 0.3) is 0 Å². The number of nitrogens with one attached hydrogen (secondary N) is 2. The lowest BCUT2D eigenvalue weighted by atomic mass is 10.2. The summed E-state index contributed by atoms with van der Waals surface area (Å²) in [6, 6.07) is 10.4. The number of nitrogens with zero attached hydrogens (tertiary/aromatic N) is 1. The van der Waals surface area contributed by atoms with E-state index in [-0.39, 0.29) is 6.61 Å². The van der Waals surface area contributed by atoms with Crippen LogP contribution in [0.2, 0.25) is 0 Å². The summed E-state index contributed by atoms with van der Waals surface area (Å²) in [7, 11) is 0. The first-order valence-corrected chi connectivity index (χ1v) is 8.50. The monoisotopic (exact) mass is 431 g/mol. The SMILES string of the molecule is C#CCOc1ccc(Br)cc1C=NNC(=O)CC(=O)Nc1ccc(F)cc1. The number of benzene rings is 2. The van der Waals surface area contributed by atoms with Crippen molar-refractivity contribution in [2.45, 2.75) is 6.42 Å². The second-order valence-electron chi connectivity index (χ2n) is 5.20. The van der Waals surface area contributed by atoms with Gasteiger partial charge in [0.1, 0.15) is 24.6 Å². The van der Waals surface area contributed by atoms with Crippen LogP contribution >= 0.6 is 15.9 Å². The molecule has 2 aromatic rings. The molecule has 0 aliphatic carbocycles. The second-order valence-corrected chi connectivity index (χ2v) is 6.12. The Hall–Kier alpha value is -3.18. The maximum Gasteiger partial charge on any atom is 0.249 e. The van der Waals surface area contributed by atoms with Crippen LogP contribution in [0.15, 0.2) is 52.0 Å². The van der Waals surface area contributed by atoms with Gasteiger partial charge in [0.15, 0.2) is 0 Å². The summed E-state index contributed by atoms with van der Waals surface area (Å²) >= 11 is 3.33. The Morgan fingerprint density at radius 2 is 1.96 bits per heavy atom. The first kappa shape index (κ1) is 20.1. The van der Waals surface area contributed by atoms with E-state index < -0.39 is 24.1 Å². The highest BCUT2D eigenvalue weighted by atomic mass is 79.9. The number of hydrogen-bond donors (Lipinski definition) is 2. The number of carbonyl (C=O) groups is 2. The summed E-state index contributed by atoms with van der Waals surface area (Å²) in [5, 5.41) is 6.30. The highest BCUT2D eigenvalue weighted by molar-refractivity contribution is 9.10. The molecule has 2 N–H and O–H groups in total. The molecular formula is C19H15BrFN3O3. The van der Waals surface area contributed by atoms with E-state index in [9.17, 15) is 14.0 Å². The Morgan fingerprint density at radius 1 is 1.22 bits per heavy atom. The van der Waals surface area contributed by atoms with Gasteiger partial charge >= 0.3 is 0 Å². The van der Waals surface area contributed by atoms with Gasteiger partial charge in [-0.2, -0.15) is 5.10 Å². The van der Waals surface area contributed by atoms with E-state index in [1.165, 1.54) is 30.5 Å². The van der Waals surface area contributed by atoms with Gasteiger partial charge in [-0.05, 0) is 42.5 Å². The number of ether oxygens (including phenoxy) is 1. The fraction of sp³-hybridized carbons (Fsp3) is 0.105. The van der Waals surface area contributed by atoms with Crippen LogP contribution in [0, 0.1) is 18.2 Å². The molecule has 2 rings (SSSR count). The van der Waals surface area contributed by atoms with Crippen molar-refractivity contribution in [2.24, 2.45) is 5.10 Å². The third-order valence-electron chi connectivity index (χ3n) is 3.12. The lowest BCUT2D eigenvalue weighted by Gasteiger charge is -2.07. The Morgan fingerprint density at radius 3 is 2.67 bits per heavy atom. The summed E-state index contributed by atoms with van der Waals surface area (Å²) in [5.74, 6) is 1.30. The lowest BCUT2D eigenvalue weighted by molar-refractivity contribution is -0.126. The topological polar surface area (TPSA) is 79.8 Å². The van der Waals surface area contributed by atoms with Crippen molar-refractivity contribution in [3.63, 3.8) is 0 Å². The number of carbonyl (C=O) groups excluding carboxylic acids is 2. The molecular weight excluding hydrogens is 417 g/mol. The number of rotatable bonds is 7. The van der Waals surface area contributed by atoms with Crippen molar-refractivity contribution < 1.29 is 18.7 Å². The quantitative estimate of drug-likeness (QED) is 0.306. The van der Waals surface area contributed by atoms with Gasteiger partial charge in [-0.3, -0.25) is 9.59 Å². The van der Waals surface area contributed by atoms with Crippen LogP contribution in [0.3, 0.4) is 0 Å². The molecule has 0 heterocycles. The van der Waals surface area contributed by atoms with Crippen LogP contribution in [0.4, 0.5) is 10.1 Å². The minimum Gasteiger partial charge on any atom is -0.480 e. The minimum atomic E-state index is -0.605. The molecule has 138 valence electrons. The highest BCUT2D eigenvalue weighted by Gasteiger charge is 2.09. The molecule has 0 saturated heterocycles. The maximum atomic E-state index is 12.8. The van der Waals surface area contributed by atoms with Gasteiger partial charge in [0.2, 0.25) is 11.8 Å².